The normalized spacial score (nSPS) is 16.1. The minimum atomic E-state index is -0.285. The first-order valence-electron chi connectivity index (χ1n) is 10.6. The maximum Gasteiger partial charge on any atom is 0.254 e. The Bertz CT molecular complexity index is 1150. The molecule has 2 heterocycles. The van der Waals surface area contributed by atoms with Crippen LogP contribution in [0.4, 0.5) is 5.82 Å². The van der Waals surface area contributed by atoms with Crippen LogP contribution in [0.1, 0.15) is 35.3 Å². The number of nitriles is 1. The monoisotopic (exact) mass is 415 g/mol. The number of hydrogen-bond acceptors (Lipinski definition) is 4. The molecule has 2 aromatic carbocycles. The fourth-order valence-corrected chi connectivity index (χ4v) is 4.16. The number of rotatable bonds is 5. The zero-order chi connectivity index (χ0) is 21.8. The molecule has 158 valence electrons. The second kappa shape index (κ2) is 9.00. The summed E-state index contributed by atoms with van der Waals surface area (Å²) in [6.07, 6.45) is 1.83. The number of anilines is 1. The zero-order valence-electron chi connectivity index (χ0n) is 17.5. The smallest absolute Gasteiger partial charge is 0.254 e. The van der Waals surface area contributed by atoms with Gasteiger partial charge in [0.15, 0.2) is 0 Å². The molecule has 1 N–H and O–H groups in total. The number of aromatic nitrogens is 2. The maximum absolute atomic E-state index is 13.3. The molecule has 1 aliphatic rings. The average Bonchev–Trinajstić information content (AvgIpc) is 3.15. The highest BCUT2D eigenvalue weighted by Gasteiger charge is 2.30. The third-order valence-electron chi connectivity index (χ3n) is 5.69. The van der Waals surface area contributed by atoms with Gasteiger partial charge < -0.3 is 10.2 Å². The Morgan fingerprint density at radius 3 is 2.87 bits per heavy atom. The topological polar surface area (TPSA) is 91.0 Å². The van der Waals surface area contributed by atoms with Gasteiger partial charge in [0, 0.05) is 24.7 Å². The van der Waals surface area contributed by atoms with Crippen LogP contribution in [0.25, 0.3) is 10.8 Å². The van der Waals surface area contributed by atoms with Crippen molar-refractivity contribution in [1.29, 1.82) is 5.26 Å². The van der Waals surface area contributed by atoms with Gasteiger partial charge >= 0.3 is 0 Å². The molecule has 3 aromatic rings. The second-order valence-electron chi connectivity index (χ2n) is 7.91. The molecule has 1 unspecified atom stereocenters. The molecule has 1 aromatic heterocycles. The van der Waals surface area contributed by atoms with Crippen molar-refractivity contribution < 1.29 is 9.59 Å². The van der Waals surface area contributed by atoms with Crippen LogP contribution in [-0.4, -0.2) is 39.6 Å². The number of aryl methyl sites for hydroxylation is 2. The molecule has 7 heteroatoms. The van der Waals surface area contributed by atoms with Crippen molar-refractivity contribution in [3.63, 3.8) is 0 Å². The predicted octanol–water partition coefficient (Wildman–Crippen LogP) is 3.75. The first kappa shape index (κ1) is 20.6. The zero-order valence-corrected chi connectivity index (χ0v) is 17.5. The molecular weight excluding hydrogens is 390 g/mol. The number of amides is 2. The quantitative estimate of drug-likeness (QED) is 0.687. The van der Waals surface area contributed by atoms with E-state index in [1.54, 1.807) is 15.6 Å². The van der Waals surface area contributed by atoms with Crippen LogP contribution in [0, 0.1) is 24.2 Å². The van der Waals surface area contributed by atoms with E-state index in [0.717, 1.165) is 29.3 Å². The largest absolute Gasteiger partial charge is 0.338 e. The summed E-state index contributed by atoms with van der Waals surface area (Å²) in [5, 5.41) is 18.1. The predicted molar refractivity (Wildman–Crippen MR) is 118 cm³/mol. The summed E-state index contributed by atoms with van der Waals surface area (Å²) in [6, 6.07) is 17.5. The van der Waals surface area contributed by atoms with Gasteiger partial charge in [0.25, 0.3) is 5.91 Å². The number of carbonyl (C=O) groups is 2. The first-order valence-corrected chi connectivity index (χ1v) is 10.6. The molecule has 0 spiro atoms. The fourth-order valence-electron chi connectivity index (χ4n) is 4.16. The van der Waals surface area contributed by atoms with Crippen molar-refractivity contribution in [3.8, 4) is 6.07 Å². The summed E-state index contributed by atoms with van der Waals surface area (Å²) in [5.41, 5.74) is 1.45. The maximum atomic E-state index is 13.3. The Kier molecular flexibility index (Phi) is 5.99. The van der Waals surface area contributed by atoms with E-state index in [-0.39, 0.29) is 17.7 Å². The summed E-state index contributed by atoms with van der Waals surface area (Å²) in [4.78, 5) is 28.0. The van der Waals surface area contributed by atoms with Crippen molar-refractivity contribution in [3.05, 3.63) is 59.8 Å². The van der Waals surface area contributed by atoms with E-state index in [9.17, 15) is 9.59 Å². The van der Waals surface area contributed by atoms with E-state index in [2.05, 4.69) is 16.5 Å². The van der Waals surface area contributed by atoms with Crippen molar-refractivity contribution in [1.82, 2.24) is 14.7 Å². The third-order valence-corrected chi connectivity index (χ3v) is 5.69. The Morgan fingerprint density at radius 2 is 2.03 bits per heavy atom. The molecule has 7 nitrogen and oxygen atoms in total. The van der Waals surface area contributed by atoms with Gasteiger partial charge in [0.2, 0.25) is 5.91 Å². The third kappa shape index (κ3) is 4.43. The first-order chi connectivity index (χ1) is 15.1. The number of fused-ring (bicyclic) bond motifs is 1. The summed E-state index contributed by atoms with van der Waals surface area (Å²) in [6.45, 7) is 3.31. The van der Waals surface area contributed by atoms with Gasteiger partial charge in [-0.15, -0.1) is 0 Å². The van der Waals surface area contributed by atoms with E-state index < -0.39 is 0 Å². The molecule has 0 saturated carbocycles. The summed E-state index contributed by atoms with van der Waals surface area (Å²) >= 11 is 0. The summed E-state index contributed by atoms with van der Waals surface area (Å²) in [7, 11) is 0. The van der Waals surface area contributed by atoms with Crippen LogP contribution >= 0.6 is 0 Å². The highest BCUT2D eigenvalue weighted by atomic mass is 16.2. The van der Waals surface area contributed by atoms with Crippen LogP contribution in [0.3, 0.4) is 0 Å². The van der Waals surface area contributed by atoms with Gasteiger partial charge in [0.1, 0.15) is 5.82 Å². The minimum Gasteiger partial charge on any atom is -0.338 e. The molecule has 1 atom stereocenters. The Balaban J connectivity index is 1.48. The van der Waals surface area contributed by atoms with Crippen LogP contribution in [0.15, 0.2) is 48.5 Å². The number of carbonyl (C=O) groups excluding carboxylic acids is 2. The van der Waals surface area contributed by atoms with Crippen LogP contribution in [-0.2, 0) is 11.3 Å². The number of nitrogens with one attached hydrogen (secondary N) is 1. The van der Waals surface area contributed by atoms with Gasteiger partial charge in [-0.2, -0.15) is 10.4 Å². The molecule has 4 rings (SSSR count). The fraction of sp³-hybridized carbons (Fsp3) is 0.333. The van der Waals surface area contributed by atoms with Crippen LogP contribution in [0.2, 0.25) is 0 Å². The highest BCUT2D eigenvalue weighted by Crippen LogP contribution is 2.24. The SMILES string of the molecule is Cc1cc(NC(=O)C2CCCN(C(=O)c3cccc4ccccc34)C2)n(CCC#N)n1. The highest BCUT2D eigenvalue weighted by molar-refractivity contribution is 6.07. The van der Waals surface area contributed by atoms with Gasteiger partial charge in [-0.05, 0) is 36.6 Å². The van der Waals surface area contributed by atoms with Gasteiger partial charge in [-0.25, -0.2) is 4.68 Å². The van der Waals surface area contributed by atoms with E-state index in [1.807, 2.05) is 49.4 Å². The lowest BCUT2D eigenvalue weighted by Gasteiger charge is -2.32. The number of hydrogen-bond donors (Lipinski definition) is 1. The van der Waals surface area contributed by atoms with Gasteiger partial charge in [-0.3, -0.25) is 9.59 Å². The molecule has 1 fully saturated rings. The van der Waals surface area contributed by atoms with Gasteiger partial charge in [0.05, 0.1) is 30.6 Å². The number of likely N-dealkylation sites (tertiary alicyclic amines) is 1. The Labute approximate surface area is 181 Å². The molecule has 0 aliphatic carbocycles. The van der Waals surface area contributed by atoms with Gasteiger partial charge in [-0.1, -0.05) is 36.4 Å². The Morgan fingerprint density at radius 1 is 1.23 bits per heavy atom. The minimum absolute atomic E-state index is 0.0378. The standard InChI is InChI=1S/C24H25N5O2/c1-17-15-22(29(27-17)14-6-12-25)26-23(30)19-9-5-13-28(16-19)24(31)21-11-4-8-18-7-2-3-10-20(18)21/h2-4,7-8,10-11,15,19H,5-6,9,13-14,16H2,1H3,(H,26,30). The van der Waals surface area contributed by atoms with E-state index >= 15 is 0 Å². The van der Waals surface area contributed by atoms with Crippen molar-refractivity contribution in [2.45, 2.75) is 32.7 Å². The average molecular weight is 415 g/mol. The second-order valence-corrected chi connectivity index (χ2v) is 7.91. The number of piperidine rings is 1. The van der Waals surface area contributed by atoms with Crippen LogP contribution < -0.4 is 5.32 Å². The summed E-state index contributed by atoms with van der Waals surface area (Å²) < 4.78 is 1.65. The molecule has 2 amide bonds. The summed E-state index contributed by atoms with van der Waals surface area (Å²) in [5.74, 6) is 0.153. The van der Waals surface area contributed by atoms with Crippen molar-refractivity contribution in [2.24, 2.45) is 5.92 Å². The lowest BCUT2D eigenvalue weighted by atomic mass is 9.95. The van der Waals surface area contributed by atoms with E-state index in [4.69, 9.17) is 5.26 Å². The van der Waals surface area contributed by atoms with Crippen molar-refractivity contribution in [2.75, 3.05) is 18.4 Å². The van der Waals surface area contributed by atoms with Crippen molar-refractivity contribution >= 4 is 28.4 Å². The van der Waals surface area contributed by atoms with Crippen LogP contribution in [0.5, 0.6) is 0 Å². The molecule has 0 bridgehead atoms. The molecule has 0 radical (unpaired) electrons. The molecular formula is C24H25N5O2. The molecule has 1 saturated heterocycles. The molecule has 31 heavy (non-hydrogen) atoms. The number of benzene rings is 2. The lowest BCUT2D eigenvalue weighted by molar-refractivity contribution is -0.121. The van der Waals surface area contributed by atoms with E-state index in [1.165, 1.54) is 0 Å². The number of nitrogens with zero attached hydrogens (tertiary/aromatic N) is 4. The molecule has 1 aliphatic heterocycles. The van der Waals surface area contributed by atoms with E-state index in [0.29, 0.717) is 37.4 Å². The Hall–Kier alpha value is -3.66. The lowest BCUT2D eigenvalue weighted by Crippen LogP contribution is -2.44.